The number of hydrogen-bond donors (Lipinski definition) is 2. The minimum Gasteiger partial charge on any atom is -0.458 e. The zero-order valence-electron chi connectivity index (χ0n) is 21.8. The average molecular weight is 468 g/mol. The molecule has 0 aliphatic rings. The van der Waals surface area contributed by atoms with Crippen LogP contribution in [-0.4, -0.2) is 58.6 Å². The molecule has 0 aromatic rings. The van der Waals surface area contributed by atoms with Crippen molar-refractivity contribution >= 4 is 17.8 Å². The molecule has 0 saturated carbocycles. The van der Waals surface area contributed by atoms with Crippen molar-refractivity contribution in [1.29, 1.82) is 5.26 Å². The Morgan fingerprint density at radius 3 is 2.21 bits per heavy atom. The number of esters is 1. The average Bonchev–Trinajstić information content (AvgIpc) is 2.71. The van der Waals surface area contributed by atoms with E-state index >= 15 is 0 Å². The number of nitriles is 1. The number of aliphatic hydroxyl groups is 1. The lowest BCUT2D eigenvalue weighted by atomic mass is 9.94. The second kappa shape index (κ2) is 14.9. The summed E-state index contributed by atoms with van der Waals surface area (Å²) in [4.78, 5) is 40.3. The first-order valence-electron chi connectivity index (χ1n) is 12.1. The molecule has 0 radical (unpaired) electrons. The van der Waals surface area contributed by atoms with E-state index in [2.05, 4.69) is 12.2 Å². The number of unbranched alkanes of at least 4 members (excludes halogenated alkanes) is 1. The Hall–Kier alpha value is -2.14. The first kappa shape index (κ1) is 30.9. The molecule has 4 atom stereocenters. The molecule has 0 aromatic carbocycles. The summed E-state index contributed by atoms with van der Waals surface area (Å²) in [6.45, 7) is 13.4. The molecular formula is C25H45N3O5. The van der Waals surface area contributed by atoms with Gasteiger partial charge in [-0.2, -0.15) is 5.26 Å². The number of hydrogen-bond acceptors (Lipinski definition) is 6. The zero-order valence-corrected chi connectivity index (χ0v) is 21.8. The Kier molecular flexibility index (Phi) is 13.9. The Morgan fingerprint density at radius 2 is 1.73 bits per heavy atom. The molecule has 2 N–H and O–H groups in total. The summed E-state index contributed by atoms with van der Waals surface area (Å²) in [6.07, 6.45) is 2.41. The molecule has 8 nitrogen and oxygen atoms in total. The van der Waals surface area contributed by atoms with Crippen molar-refractivity contribution in [3.63, 3.8) is 0 Å². The molecule has 0 aliphatic heterocycles. The van der Waals surface area contributed by atoms with Gasteiger partial charge in [0.15, 0.2) is 0 Å². The van der Waals surface area contributed by atoms with Crippen molar-refractivity contribution in [2.75, 3.05) is 7.05 Å². The van der Waals surface area contributed by atoms with Gasteiger partial charge in [-0.25, -0.2) is 4.79 Å². The van der Waals surface area contributed by atoms with Gasteiger partial charge in [0.05, 0.1) is 6.07 Å². The van der Waals surface area contributed by atoms with E-state index in [-0.39, 0.29) is 24.7 Å². The number of aliphatic hydroxyl groups excluding tert-OH is 1. The Labute approximate surface area is 200 Å². The van der Waals surface area contributed by atoms with Gasteiger partial charge in [0, 0.05) is 13.5 Å². The largest absolute Gasteiger partial charge is 0.458 e. The van der Waals surface area contributed by atoms with Gasteiger partial charge < -0.3 is 20.1 Å². The Morgan fingerprint density at radius 1 is 1.12 bits per heavy atom. The normalized spacial score (nSPS) is 15.2. The predicted molar refractivity (Wildman–Crippen MR) is 128 cm³/mol. The second-order valence-electron chi connectivity index (χ2n) is 10.4. The molecule has 33 heavy (non-hydrogen) atoms. The SMILES string of the molecule is CCCC[C@@H](C)C[C@H](NC(=O)[C@@H](O)CCC#N)C(=O)N(C)[C@@H](CC(C)C)C(=O)OC(C)(C)C. The summed E-state index contributed by atoms with van der Waals surface area (Å²) < 4.78 is 5.56. The maximum Gasteiger partial charge on any atom is 0.329 e. The van der Waals surface area contributed by atoms with Crippen LogP contribution in [0.4, 0.5) is 0 Å². The summed E-state index contributed by atoms with van der Waals surface area (Å²) in [5, 5.41) is 21.5. The molecule has 0 bridgehead atoms. The molecule has 2 amide bonds. The van der Waals surface area contributed by atoms with Gasteiger partial charge in [0.2, 0.25) is 11.8 Å². The van der Waals surface area contributed by atoms with E-state index in [0.717, 1.165) is 19.3 Å². The fourth-order valence-corrected chi connectivity index (χ4v) is 3.52. The molecule has 0 aromatic heterocycles. The van der Waals surface area contributed by atoms with Crippen LogP contribution < -0.4 is 5.32 Å². The maximum atomic E-state index is 13.5. The van der Waals surface area contributed by atoms with Gasteiger partial charge in [0.1, 0.15) is 23.8 Å². The number of carbonyl (C=O) groups excluding carboxylic acids is 3. The highest BCUT2D eigenvalue weighted by atomic mass is 16.6. The molecule has 8 heteroatoms. The van der Waals surface area contributed by atoms with Crippen molar-refractivity contribution in [2.45, 2.75) is 117 Å². The topological polar surface area (TPSA) is 120 Å². The lowest BCUT2D eigenvalue weighted by Crippen LogP contribution is -2.55. The highest BCUT2D eigenvalue weighted by Crippen LogP contribution is 2.20. The fraction of sp³-hybridized carbons (Fsp3) is 0.840. The molecule has 0 spiro atoms. The third-order valence-electron chi connectivity index (χ3n) is 5.32. The van der Waals surface area contributed by atoms with Crippen molar-refractivity contribution < 1.29 is 24.2 Å². The Bertz CT molecular complexity index is 666. The predicted octanol–water partition coefficient (Wildman–Crippen LogP) is 3.57. The molecule has 0 heterocycles. The van der Waals surface area contributed by atoms with Crippen molar-refractivity contribution in [1.82, 2.24) is 10.2 Å². The number of ether oxygens (including phenoxy) is 1. The van der Waals surface area contributed by atoms with Crippen LogP contribution in [0.25, 0.3) is 0 Å². The highest BCUT2D eigenvalue weighted by molar-refractivity contribution is 5.91. The maximum absolute atomic E-state index is 13.5. The third-order valence-corrected chi connectivity index (χ3v) is 5.32. The van der Waals surface area contributed by atoms with E-state index in [4.69, 9.17) is 10.00 Å². The van der Waals surface area contributed by atoms with Gasteiger partial charge in [0.25, 0.3) is 0 Å². The molecular weight excluding hydrogens is 422 g/mol. The number of nitrogens with zero attached hydrogens (tertiary/aromatic N) is 2. The molecule has 0 fully saturated rings. The summed E-state index contributed by atoms with van der Waals surface area (Å²) in [6, 6.07) is 0.228. The first-order valence-corrected chi connectivity index (χ1v) is 12.1. The van der Waals surface area contributed by atoms with Crippen LogP contribution in [-0.2, 0) is 19.1 Å². The Balaban J connectivity index is 5.73. The number of nitrogens with one attached hydrogen (secondary N) is 1. The van der Waals surface area contributed by atoms with Crippen molar-refractivity contribution in [2.24, 2.45) is 11.8 Å². The van der Waals surface area contributed by atoms with Crippen molar-refractivity contribution in [3.05, 3.63) is 0 Å². The summed E-state index contributed by atoms with van der Waals surface area (Å²) in [7, 11) is 1.56. The highest BCUT2D eigenvalue weighted by Gasteiger charge is 2.36. The summed E-state index contributed by atoms with van der Waals surface area (Å²) in [5.41, 5.74) is -0.691. The van der Waals surface area contributed by atoms with Gasteiger partial charge in [-0.1, -0.05) is 47.0 Å². The molecule has 0 aliphatic carbocycles. The standard InChI is InChI=1S/C25H45N3O5/c1-9-10-12-18(4)16-19(27-22(30)21(29)13-11-14-26)23(31)28(8)20(15-17(2)3)24(32)33-25(5,6)7/h17-21,29H,9-13,15-16H2,1-8H3,(H,27,30)/t18-,19+,20+,21+/m1/s1. The van der Waals surface area contributed by atoms with Crippen LogP contribution in [0.1, 0.15) is 93.4 Å². The smallest absolute Gasteiger partial charge is 0.329 e. The lowest BCUT2D eigenvalue weighted by molar-refractivity contribution is -0.165. The summed E-state index contributed by atoms with van der Waals surface area (Å²) in [5.74, 6) is -1.26. The quantitative estimate of drug-likeness (QED) is 0.377. The van der Waals surface area contributed by atoms with Gasteiger partial charge in [-0.3, -0.25) is 9.59 Å². The number of carbonyl (C=O) groups is 3. The van der Waals surface area contributed by atoms with Gasteiger partial charge >= 0.3 is 5.97 Å². The third kappa shape index (κ3) is 12.6. The first-order chi connectivity index (χ1) is 15.2. The van der Waals surface area contributed by atoms with E-state index < -0.39 is 41.6 Å². The van der Waals surface area contributed by atoms with Crippen LogP contribution >= 0.6 is 0 Å². The molecule has 0 rings (SSSR count). The minimum atomic E-state index is -1.37. The molecule has 0 unspecified atom stereocenters. The van der Waals surface area contributed by atoms with Crippen LogP contribution in [0.15, 0.2) is 0 Å². The van der Waals surface area contributed by atoms with Crippen molar-refractivity contribution in [3.8, 4) is 6.07 Å². The minimum absolute atomic E-state index is 0.00163. The van der Waals surface area contributed by atoms with Crippen LogP contribution in [0, 0.1) is 23.2 Å². The van der Waals surface area contributed by atoms with Gasteiger partial charge in [-0.05, 0) is 51.9 Å². The van der Waals surface area contributed by atoms with E-state index in [9.17, 15) is 19.5 Å². The monoisotopic (exact) mass is 467 g/mol. The van der Waals surface area contributed by atoms with Crippen LogP contribution in [0.5, 0.6) is 0 Å². The van der Waals surface area contributed by atoms with E-state index in [1.165, 1.54) is 4.90 Å². The van der Waals surface area contributed by atoms with Crippen LogP contribution in [0.3, 0.4) is 0 Å². The number of amides is 2. The van der Waals surface area contributed by atoms with E-state index in [1.807, 2.05) is 26.8 Å². The fourth-order valence-electron chi connectivity index (χ4n) is 3.52. The zero-order chi connectivity index (χ0) is 25.8. The molecule has 0 saturated heterocycles. The molecule has 190 valence electrons. The van der Waals surface area contributed by atoms with E-state index in [1.54, 1.807) is 27.8 Å². The van der Waals surface area contributed by atoms with Gasteiger partial charge in [-0.15, -0.1) is 0 Å². The number of likely N-dealkylation sites (N-methyl/N-ethyl adjacent to an activating group) is 1. The lowest BCUT2D eigenvalue weighted by Gasteiger charge is -2.34. The summed E-state index contributed by atoms with van der Waals surface area (Å²) >= 11 is 0. The van der Waals surface area contributed by atoms with E-state index in [0.29, 0.717) is 12.8 Å². The number of rotatable bonds is 14. The van der Waals surface area contributed by atoms with Crippen LogP contribution in [0.2, 0.25) is 0 Å². The second-order valence-corrected chi connectivity index (χ2v) is 10.4.